The van der Waals surface area contributed by atoms with Crippen LogP contribution in [0.1, 0.15) is 27.2 Å². The van der Waals surface area contributed by atoms with Crippen LogP contribution in [0.5, 0.6) is 0 Å². The van der Waals surface area contributed by atoms with Gasteiger partial charge >= 0.3 is 0 Å². The van der Waals surface area contributed by atoms with Crippen molar-refractivity contribution in [3.63, 3.8) is 0 Å². The number of aliphatic imine (C=N–C) groups is 1. The van der Waals surface area contributed by atoms with Gasteiger partial charge in [0.15, 0.2) is 0 Å². The Bertz CT molecular complexity index is 154. The molecule has 11 heavy (non-hydrogen) atoms. The van der Waals surface area contributed by atoms with E-state index < -0.39 is 5.54 Å². The standard InChI is InChI=1S/C8H16N2O/c1-7(2)4-8(3,5-11)10-6-9/h5-7H,4H2,1-3H3,(H2,9,10). The van der Waals surface area contributed by atoms with Gasteiger partial charge in [-0.15, -0.1) is 0 Å². The molecule has 0 fully saturated rings. The van der Waals surface area contributed by atoms with E-state index in [0.717, 1.165) is 12.7 Å². The second-order valence-electron chi connectivity index (χ2n) is 3.35. The summed E-state index contributed by atoms with van der Waals surface area (Å²) in [5.41, 5.74) is 4.49. The van der Waals surface area contributed by atoms with Gasteiger partial charge in [-0.05, 0) is 19.3 Å². The number of nitrogens with zero attached hydrogens (tertiary/aromatic N) is 1. The monoisotopic (exact) mass is 156 g/mol. The maximum absolute atomic E-state index is 10.6. The van der Waals surface area contributed by atoms with Gasteiger partial charge in [0.25, 0.3) is 0 Å². The Morgan fingerprint density at radius 3 is 2.45 bits per heavy atom. The molecule has 0 aliphatic carbocycles. The molecule has 2 N–H and O–H groups in total. The van der Waals surface area contributed by atoms with E-state index in [1.807, 2.05) is 13.8 Å². The number of aldehydes is 1. The zero-order valence-electron chi connectivity index (χ0n) is 7.37. The highest BCUT2D eigenvalue weighted by Crippen LogP contribution is 2.17. The summed E-state index contributed by atoms with van der Waals surface area (Å²) in [4.78, 5) is 14.5. The smallest absolute Gasteiger partial charge is 0.147 e. The highest BCUT2D eigenvalue weighted by Gasteiger charge is 2.22. The van der Waals surface area contributed by atoms with Gasteiger partial charge in [-0.2, -0.15) is 0 Å². The summed E-state index contributed by atoms with van der Waals surface area (Å²) in [6.45, 7) is 5.88. The summed E-state index contributed by atoms with van der Waals surface area (Å²) in [5.74, 6) is 0.453. The van der Waals surface area contributed by atoms with Gasteiger partial charge in [-0.3, -0.25) is 4.99 Å². The van der Waals surface area contributed by atoms with Crippen molar-refractivity contribution in [2.45, 2.75) is 32.7 Å². The molecule has 0 radical (unpaired) electrons. The fourth-order valence-electron chi connectivity index (χ4n) is 1.13. The third-order valence-corrected chi connectivity index (χ3v) is 1.44. The number of carbonyl (C=O) groups is 1. The SMILES string of the molecule is CC(C)CC(C)(C=O)N=CN. The molecule has 3 heteroatoms. The molecule has 0 saturated heterocycles. The summed E-state index contributed by atoms with van der Waals surface area (Å²) in [6, 6.07) is 0. The van der Waals surface area contributed by atoms with Crippen molar-refractivity contribution >= 4 is 12.6 Å². The van der Waals surface area contributed by atoms with Crippen LogP contribution >= 0.6 is 0 Å². The number of hydrogen-bond acceptors (Lipinski definition) is 2. The van der Waals surface area contributed by atoms with Crippen LogP contribution in [-0.2, 0) is 4.79 Å². The average molecular weight is 156 g/mol. The lowest BCUT2D eigenvalue weighted by atomic mass is 9.93. The van der Waals surface area contributed by atoms with Crippen molar-refractivity contribution in [1.29, 1.82) is 0 Å². The van der Waals surface area contributed by atoms with Crippen LogP contribution in [0.4, 0.5) is 0 Å². The molecule has 3 nitrogen and oxygen atoms in total. The zero-order chi connectivity index (χ0) is 8.91. The molecule has 0 amide bonds. The average Bonchev–Trinajstić information content (AvgIpc) is 1.87. The third-order valence-electron chi connectivity index (χ3n) is 1.44. The van der Waals surface area contributed by atoms with Crippen LogP contribution < -0.4 is 5.73 Å². The van der Waals surface area contributed by atoms with Crippen LogP contribution in [0.15, 0.2) is 4.99 Å². The fraction of sp³-hybridized carbons (Fsp3) is 0.750. The summed E-state index contributed by atoms with van der Waals surface area (Å²) in [7, 11) is 0. The van der Waals surface area contributed by atoms with Gasteiger partial charge in [0.05, 0.1) is 6.34 Å². The lowest BCUT2D eigenvalue weighted by Gasteiger charge is -2.19. The molecule has 0 heterocycles. The Balaban J connectivity index is 4.21. The van der Waals surface area contributed by atoms with Crippen molar-refractivity contribution < 1.29 is 4.79 Å². The van der Waals surface area contributed by atoms with Crippen LogP contribution in [0.2, 0.25) is 0 Å². The molecule has 0 aromatic carbocycles. The quantitative estimate of drug-likeness (QED) is 0.374. The minimum absolute atomic E-state index is 0.453. The molecule has 64 valence electrons. The van der Waals surface area contributed by atoms with Gasteiger partial charge < -0.3 is 10.5 Å². The van der Waals surface area contributed by atoms with E-state index in [9.17, 15) is 4.79 Å². The van der Waals surface area contributed by atoms with E-state index in [1.54, 1.807) is 6.92 Å². The number of hydrogen-bond donors (Lipinski definition) is 1. The lowest BCUT2D eigenvalue weighted by Crippen LogP contribution is -2.27. The van der Waals surface area contributed by atoms with Gasteiger partial charge in [-0.25, -0.2) is 0 Å². The van der Waals surface area contributed by atoms with E-state index >= 15 is 0 Å². The maximum atomic E-state index is 10.6. The molecule has 0 bridgehead atoms. The minimum atomic E-state index is -0.622. The molecule has 1 atom stereocenters. The van der Waals surface area contributed by atoms with Gasteiger partial charge in [-0.1, -0.05) is 13.8 Å². The molecule has 1 unspecified atom stereocenters. The summed E-state index contributed by atoms with van der Waals surface area (Å²) < 4.78 is 0. The first-order chi connectivity index (χ1) is 5.04. The van der Waals surface area contributed by atoms with Crippen molar-refractivity contribution in [3.05, 3.63) is 0 Å². The van der Waals surface area contributed by atoms with E-state index in [4.69, 9.17) is 5.73 Å². The molecule has 0 aromatic heterocycles. The Hall–Kier alpha value is -0.860. The van der Waals surface area contributed by atoms with Gasteiger partial charge in [0.1, 0.15) is 11.8 Å². The summed E-state index contributed by atoms with van der Waals surface area (Å²) >= 11 is 0. The Morgan fingerprint density at radius 2 is 2.18 bits per heavy atom. The first kappa shape index (κ1) is 10.1. The highest BCUT2D eigenvalue weighted by atomic mass is 16.1. The van der Waals surface area contributed by atoms with Crippen molar-refractivity contribution in [3.8, 4) is 0 Å². The predicted octanol–water partition coefficient (Wildman–Crippen LogP) is 0.977. The van der Waals surface area contributed by atoms with Crippen LogP contribution in [0, 0.1) is 5.92 Å². The molecular weight excluding hydrogens is 140 g/mol. The Kier molecular flexibility index (Phi) is 3.79. The zero-order valence-corrected chi connectivity index (χ0v) is 7.37. The Labute approximate surface area is 67.7 Å². The molecular formula is C8H16N2O. The third kappa shape index (κ3) is 3.75. The second kappa shape index (κ2) is 4.11. The molecule has 0 aliphatic heterocycles. The minimum Gasteiger partial charge on any atom is -0.390 e. The van der Waals surface area contributed by atoms with Crippen LogP contribution in [-0.4, -0.2) is 18.2 Å². The topological polar surface area (TPSA) is 55.5 Å². The van der Waals surface area contributed by atoms with E-state index in [-0.39, 0.29) is 0 Å². The van der Waals surface area contributed by atoms with Crippen molar-refractivity contribution in [2.24, 2.45) is 16.6 Å². The molecule has 0 rings (SSSR count). The second-order valence-corrected chi connectivity index (χ2v) is 3.35. The van der Waals surface area contributed by atoms with Crippen LogP contribution in [0.3, 0.4) is 0 Å². The predicted molar refractivity (Wildman–Crippen MR) is 46.6 cm³/mol. The fourth-order valence-corrected chi connectivity index (χ4v) is 1.13. The van der Waals surface area contributed by atoms with Gasteiger partial charge in [0.2, 0.25) is 0 Å². The first-order valence-corrected chi connectivity index (χ1v) is 3.76. The summed E-state index contributed by atoms with van der Waals surface area (Å²) in [5, 5.41) is 0. The molecule has 0 aliphatic rings. The number of rotatable bonds is 4. The maximum Gasteiger partial charge on any atom is 0.147 e. The molecule has 0 saturated carbocycles. The van der Waals surface area contributed by atoms with Crippen molar-refractivity contribution in [1.82, 2.24) is 0 Å². The first-order valence-electron chi connectivity index (χ1n) is 3.76. The van der Waals surface area contributed by atoms with Gasteiger partial charge in [0, 0.05) is 0 Å². The van der Waals surface area contributed by atoms with E-state index in [1.165, 1.54) is 6.34 Å². The van der Waals surface area contributed by atoms with E-state index in [2.05, 4.69) is 4.99 Å². The molecule has 0 aromatic rings. The van der Waals surface area contributed by atoms with E-state index in [0.29, 0.717) is 5.92 Å². The van der Waals surface area contributed by atoms with Crippen molar-refractivity contribution in [2.75, 3.05) is 0 Å². The largest absolute Gasteiger partial charge is 0.390 e. The lowest BCUT2D eigenvalue weighted by molar-refractivity contribution is -0.112. The van der Waals surface area contributed by atoms with Crippen LogP contribution in [0.25, 0.3) is 0 Å². The Morgan fingerprint density at radius 1 is 1.64 bits per heavy atom. The normalized spacial score (nSPS) is 17.1. The summed E-state index contributed by atoms with van der Waals surface area (Å²) in [6.07, 6.45) is 2.78. The molecule has 0 spiro atoms. The number of carbonyl (C=O) groups excluding carboxylic acids is 1. The number of nitrogens with two attached hydrogens (primary N) is 1. The highest BCUT2D eigenvalue weighted by molar-refractivity contribution is 5.67.